The number of carbonyl (C=O) groups excluding carboxylic acids is 1. The fourth-order valence-electron chi connectivity index (χ4n) is 9.53. The minimum atomic E-state index is -0.393. The molecule has 0 amide bonds. The molecule has 33 heavy (non-hydrogen) atoms. The van der Waals surface area contributed by atoms with Gasteiger partial charge in [-0.3, -0.25) is 4.79 Å². The van der Waals surface area contributed by atoms with Crippen molar-refractivity contribution in [2.24, 2.45) is 46.3 Å². The second-order valence-corrected chi connectivity index (χ2v) is 12.4. The van der Waals surface area contributed by atoms with Crippen LogP contribution in [0.3, 0.4) is 0 Å². The highest BCUT2D eigenvalue weighted by molar-refractivity contribution is 5.68. The quantitative estimate of drug-likeness (QED) is 0.496. The summed E-state index contributed by atoms with van der Waals surface area (Å²) in [5.74, 6) is 3.99. The fraction of sp³-hybridized carbons (Fsp3) is 0.964. The van der Waals surface area contributed by atoms with Crippen LogP contribution < -0.4 is 0 Å². The summed E-state index contributed by atoms with van der Waals surface area (Å²) < 4.78 is 10.7. The van der Waals surface area contributed by atoms with Crippen LogP contribution in [0.4, 0.5) is 0 Å². The smallest absolute Gasteiger partial charge is 0.305 e. The van der Waals surface area contributed by atoms with E-state index in [0.717, 1.165) is 55.8 Å². The lowest BCUT2D eigenvalue weighted by Gasteiger charge is -2.62. The molecular formula is C28H48O5. The third-order valence-corrected chi connectivity index (χ3v) is 11.2. The summed E-state index contributed by atoms with van der Waals surface area (Å²) in [7, 11) is 1.48. The topological polar surface area (TPSA) is 76.0 Å². The number of methoxy groups -OCH3 is 1. The van der Waals surface area contributed by atoms with Crippen molar-refractivity contribution in [3.63, 3.8) is 0 Å². The van der Waals surface area contributed by atoms with Crippen LogP contribution in [0.25, 0.3) is 0 Å². The summed E-state index contributed by atoms with van der Waals surface area (Å²) in [5.41, 5.74) is 0.641. The fourth-order valence-corrected chi connectivity index (χ4v) is 9.53. The van der Waals surface area contributed by atoms with E-state index in [1.807, 2.05) is 0 Å². The van der Waals surface area contributed by atoms with Gasteiger partial charge in [-0.2, -0.15) is 0 Å². The van der Waals surface area contributed by atoms with Gasteiger partial charge >= 0.3 is 5.97 Å². The summed E-state index contributed by atoms with van der Waals surface area (Å²) in [6, 6.07) is 0. The summed E-state index contributed by atoms with van der Waals surface area (Å²) in [5, 5.41) is 20.3. The Morgan fingerprint density at radius 1 is 1.00 bits per heavy atom. The van der Waals surface area contributed by atoms with E-state index in [1.165, 1.54) is 39.2 Å². The van der Waals surface area contributed by atoms with Gasteiger partial charge in [0.05, 0.1) is 32.5 Å². The molecule has 5 heteroatoms. The Balaban J connectivity index is 1.43. The van der Waals surface area contributed by atoms with Crippen LogP contribution >= 0.6 is 0 Å². The Morgan fingerprint density at radius 3 is 2.42 bits per heavy atom. The van der Waals surface area contributed by atoms with Gasteiger partial charge in [0, 0.05) is 6.42 Å². The first kappa shape index (κ1) is 25.4. The van der Waals surface area contributed by atoms with Gasteiger partial charge in [0.2, 0.25) is 0 Å². The summed E-state index contributed by atoms with van der Waals surface area (Å²) in [4.78, 5) is 11.5. The summed E-state index contributed by atoms with van der Waals surface area (Å²) >= 11 is 0. The predicted octanol–water partition coefficient (Wildman–Crippen LogP) is 4.97. The Bertz CT molecular complexity index is 681. The Labute approximate surface area is 201 Å². The molecule has 4 aliphatic carbocycles. The first-order chi connectivity index (χ1) is 15.8. The highest BCUT2D eigenvalue weighted by Gasteiger charge is 2.62. The van der Waals surface area contributed by atoms with Gasteiger partial charge in [-0.25, -0.2) is 0 Å². The number of hydrogen-bond acceptors (Lipinski definition) is 5. The third kappa shape index (κ3) is 4.51. The second-order valence-electron chi connectivity index (χ2n) is 12.4. The average Bonchev–Trinajstić information content (AvgIpc) is 3.15. The highest BCUT2D eigenvalue weighted by atomic mass is 16.5. The van der Waals surface area contributed by atoms with Crippen molar-refractivity contribution >= 4 is 5.97 Å². The van der Waals surface area contributed by atoms with Crippen LogP contribution in [-0.2, 0) is 14.3 Å². The number of carbonyl (C=O) groups is 1. The molecule has 0 radical (unpaired) electrons. The van der Waals surface area contributed by atoms with E-state index in [-0.39, 0.29) is 24.1 Å². The van der Waals surface area contributed by atoms with E-state index < -0.39 is 6.10 Å². The molecule has 0 bridgehead atoms. The van der Waals surface area contributed by atoms with E-state index in [0.29, 0.717) is 30.3 Å². The zero-order valence-corrected chi connectivity index (χ0v) is 21.4. The molecule has 0 aliphatic heterocycles. The molecule has 0 saturated heterocycles. The maximum Gasteiger partial charge on any atom is 0.305 e. The van der Waals surface area contributed by atoms with Crippen molar-refractivity contribution in [2.75, 3.05) is 20.3 Å². The number of esters is 1. The zero-order valence-electron chi connectivity index (χ0n) is 21.4. The number of ether oxygens (including phenoxy) is 2. The molecule has 5 nitrogen and oxygen atoms in total. The third-order valence-electron chi connectivity index (χ3n) is 11.2. The van der Waals surface area contributed by atoms with E-state index in [1.54, 1.807) is 0 Å². The van der Waals surface area contributed by atoms with Crippen LogP contribution in [0.5, 0.6) is 0 Å². The first-order valence-corrected chi connectivity index (χ1v) is 13.7. The van der Waals surface area contributed by atoms with Crippen molar-refractivity contribution in [1.82, 2.24) is 0 Å². The maximum atomic E-state index is 11.5. The van der Waals surface area contributed by atoms with Gasteiger partial charge in [0.25, 0.3) is 0 Å². The number of rotatable bonds is 8. The molecule has 190 valence electrons. The van der Waals surface area contributed by atoms with Crippen LogP contribution in [-0.4, -0.2) is 48.7 Å². The summed E-state index contributed by atoms with van der Waals surface area (Å²) in [6.07, 6.45) is 11.8. The Morgan fingerprint density at radius 2 is 1.70 bits per heavy atom. The van der Waals surface area contributed by atoms with Crippen molar-refractivity contribution < 1.29 is 24.5 Å². The summed E-state index contributed by atoms with van der Waals surface area (Å²) in [6.45, 7) is 7.84. The lowest BCUT2D eigenvalue weighted by atomic mass is 9.44. The van der Waals surface area contributed by atoms with Crippen molar-refractivity contribution in [1.29, 1.82) is 0 Å². The second kappa shape index (κ2) is 10.1. The number of aliphatic hydroxyl groups excluding tert-OH is 2. The van der Waals surface area contributed by atoms with Crippen molar-refractivity contribution in [3.05, 3.63) is 0 Å². The lowest BCUT2D eigenvalue weighted by molar-refractivity contribution is -0.186. The normalized spacial score (nSPS) is 45.6. The molecule has 0 spiro atoms. The standard InChI is InChI=1S/C28H48O5/c1-18(6-5-7-25(30)32-4)20-10-11-21-19-8-9-23-26(31)24(33-17-16-29)13-15-28(23,3)22(19)12-14-27(20,21)2/h18-24,26,29,31H,5-17H2,1-4H3/t18-,19+,20-,21+,22+,23+,24+,26-,27-,28-/m1/s1. The predicted molar refractivity (Wildman–Crippen MR) is 128 cm³/mol. The molecule has 4 aliphatic rings. The van der Waals surface area contributed by atoms with E-state index >= 15 is 0 Å². The van der Waals surface area contributed by atoms with Gasteiger partial charge in [0.15, 0.2) is 0 Å². The highest BCUT2D eigenvalue weighted by Crippen LogP contribution is 2.68. The van der Waals surface area contributed by atoms with E-state index in [9.17, 15) is 9.90 Å². The molecule has 4 saturated carbocycles. The van der Waals surface area contributed by atoms with Gasteiger partial charge in [-0.05, 0) is 111 Å². The van der Waals surface area contributed by atoms with Gasteiger partial charge in [0.1, 0.15) is 0 Å². The first-order valence-electron chi connectivity index (χ1n) is 13.7. The monoisotopic (exact) mass is 464 g/mol. The molecule has 0 aromatic carbocycles. The lowest BCUT2D eigenvalue weighted by Crippen LogP contribution is -2.58. The minimum absolute atomic E-state index is 0.0262. The van der Waals surface area contributed by atoms with Crippen molar-refractivity contribution in [3.8, 4) is 0 Å². The molecule has 0 heterocycles. The van der Waals surface area contributed by atoms with Gasteiger partial charge in [-0.1, -0.05) is 20.8 Å². The van der Waals surface area contributed by atoms with Crippen LogP contribution in [0.2, 0.25) is 0 Å². The van der Waals surface area contributed by atoms with E-state index in [4.69, 9.17) is 14.6 Å². The van der Waals surface area contributed by atoms with Gasteiger partial charge in [-0.15, -0.1) is 0 Å². The van der Waals surface area contributed by atoms with Crippen LogP contribution in [0.1, 0.15) is 91.4 Å². The minimum Gasteiger partial charge on any atom is -0.469 e. The maximum absolute atomic E-state index is 11.5. The van der Waals surface area contributed by atoms with E-state index in [2.05, 4.69) is 20.8 Å². The molecular weight excluding hydrogens is 416 g/mol. The largest absolute Gasteiger partial charge is 0.469 e. The SMILES string of the molecule is COC(=O)CCC[C@@H](C)[C@H]1CC[C@H]2[C@@H]3CC[C@H]4[C@@H](O)[C@@H](OCCO)CC[C@]4(C)[C@H]3CC[C@]12C. The zero-order chi connectivity index (χ0) is 23.8. The number of aliphatic hydroxyl groups is 2. The molecule has 4 fully saturated rings. The molecule has 10 atom stereocenters. The Kier molecular flexibility index (Phi) is 7.82. The van der Waals surface area contributed by atoms with Gasteiger partial charge < -0.3 is 19.7 Å². The molecule has 0 unspecified atom stereocenters. The number of hydrogen-bond donors (Lipinski definition) is 2. The molecule has 0 aromatic rings. The van der Waals surface area contributed by atoms with Crippen LogP contribution in [0.15, 0.2) is 0 Å². The van der Waals surface area contributed by atoms with Crippen LogP contribution in [0, 0.1) is 46.3 Å². The molecule has 2 N–H and O–H groups in total. The Hall–Kier alpha value is -0.650. The number of fused-ring (bicyclic) bond motifs is 5. The molecule has 0 aromatic heterocycles. The molecule has 4 rings (SSSR count). The average molecular weight is 465 g/mol. The van der Waals surface area contributed by atoms with Crippen molar-refractivity contribution in [2.45, 2.75) is 104 Å².